The van der Waals surface area contributed by atoms with Gasteiger partial charge < -0.3 is 5.73 Å². The molecule has 0 aromatic heterocycles. The van der Waals surface area contributed by atoms with E-state index in [0.717, 1.165) is 12.8 Å². The number of halogens is 1. The Kier molecular flexibility index (Phi) is 4.75. The molecule has 0 radical (unpaired) electrons. The number of hydrogen-bond donors (Lipinski definition) is 1. The van der Waals surface area contributed by atoms with Crippen LogP contribution in [0.25, 0.3) is 0 Å². The van der Waals surface area contributed by atoms with E-state index in [4.69, 9.17) is 5.73 Å². The van der Waals surface area contributed by atoms with Crippen LogP contribution in [0.5, 0.6) is 0 Å². The van der Waals surface area contributed by atoms with Crippen LogP contribution in [0.4, 0.5) is 0 Å². The van der Waals surface area contributed by atoms with Gasteiger partial charge in [0.1, 0.15) is 0 Å². The number of carbonyl (C=O) groups is 1. The van der Waals surface area contributed by atoms with Crippen molar-refractivity contribution in [3.8, 4) is 0 Å². The lowest BCUT2D eigenvalue weighted by Crippen LogP contribution is -2.36. The Morgan fingerprint density at radius 1 is 1.42 bits per heavy atom. The molecule has 19 heavy (non-hydrogen) atoms. The van der Waals surface area contributed by atoms with Crippen molar-refractivity contribution < 1.29 is 4.79 Å². The predicted molar refractivity (Wildman–Crippen MR) is 88.1 cm³/mol. The largest absolute Gasteiger partial charge is 0.369 e. The molecule has 0 aromatic rings. The zero-order valence-corrected chi connectivity index (χ0v) is 14.1. The lowest BCUT2D eigenvalue weighted by molar-refractivity contribution is -0.118. The zero-order valence-electron chi connectivity index (χ0n) is 11.9. The molecule has 2 nitrogen and oxygen atoms in total. The normalized spacial score (nSPS) is 33.3. The molecule has 0 heterocycles. The Bertz CT molecular complexity index is 416. The van der Waals surface area contributed by atoms with Crippen molar-refractivity contribution in [2.45, 2.75) is 56.3 Å². The predicted octanol–water partition coefficient (Wildman–Crippen LogP) is 4.14. The molecule has 2 aliphatic rings. The van der Waals surface area contributed by atoms with E-state index in [9.17, 15) is 4.79 Å². The van der Waals surface area contributed by atoms with Crippen molar-refractivity contribution in [3.05, 3.63) is 23.3 Å². The van der Waals surface area contributed by atoms with Crippen LogP contribution >= 0.6 is 22.6 Å². The van der Waals surface area contributed by atoms with E-state index in [1.807, 2.05) is 0 Å². The maximum absolute atomic E-state index is 11.3. The van der Waals surface area contributed by atoms with Crippen molar-refractivity contribution in [2.75, 3.05) is 0 Å². The van der Waals surface area contributed by atoms with Crippen molar-refractivity contribution in [1.82, 2.24) is 0 Å². The summed E-state index contributed by atoms with van der Waals surface area (Å²) in [4.78, 5) is 11.3. The van der Waals surface area contributed by atoms with Gasteiger partial charge in [0.05, 0.1) is 3.92 Å². The number of alkyl halides is 1. The van der Waals surface area contributed by atoms with Gasteiger partial charge >= 0.3 is 0 Å². The zero-order chi connectivity index (χ0) is 14.0. The molecule has 1 saturated carbocycles. The van der Waals surface area contributed by atoms with Crippen molar-refractivity contribution in [1.29, 1.82) is 0 Å². The van der Waals surface area contributed by atoms with E-state index in [2.05, 4.69) is 48.6 Å². The molecule has 0 aliphatic heterocycles. The highest BCUT2D eigenvalue weighted by Crippen LogP contribution is 2.54. The molecule has 3 heteroatoms. The summed E-state index contributed by atoms with van der Waals surface area (Å²) in [5, 5.41) is 0. The fourth-order valence-corrected chi connectivity index (χ4v) is 4.59. The highest BCUT2D eigenvalue weighted by Gasteiger charge is 2.42. The first-order valence-electron chi connectivity index (χ1n) is 7.26. The number of amides is 1. The van der Waals surface area contributed by atoms with Crippen LogP contribution in [0, 0.1) is 11.3 Å². The van der Waals surface area contributed by atoms with Gasteiger partial charge in [-0.25, -0.2) is 0 Å². The van der Waals surface area contributed by atoms with Crippen LogP contribution in [0.2, 0.25) is 0 Å². The van der Waals surface area contributed by atoms with Crippen LogP contribution in [0.3, 0.4) is 0 Å². The molecule has 0 aromatic carbocycles. The summed E-state index contributed by atoms with van der Waals surface area (Å²) in [7, 11) is 0. The maximum atomic E-state index is 11.3. The van der Waals surface area contributed by atoms with Gasteiger partial charge in [-0.1, -0.05) is 40.3 Å². The molecule has 1 atom stereocenters. The summed E-state index contributed by atoms with van der Waals surface area (Å²) < 4.78 is 0.00611. The van der Waals surface area contributed by atoms with Gasteiger partial charge in [0, 0.05) is 0 Å². The standard InChI is InChI=1S/C16H24INO/c1-3-4-13-11(2)5-8-16(13)9-6-12(7-10-16)14(17)15(18)19/h3-4,12,14H,5-10H2,1-2H3,(H2,18,19)/b4-3-. The third kappa shape index (κ3) is 2.91. The van der Waals surface area contributed by atoms with E-state index in [1.54, 1.807) is 11.1 Å². The van der Waals surface area contributed by atoms with E-state index < -0.39 is 0 Å². The smallest absolute Gasteiger partial charge is 0.230 e. The first kappa shape index (κ1) is 15.1. The van der Waals surface area contributed by atoms with Crippen LogP contribution in [0.1, 0.15) is 52.4 Å². The minimum absolute atomic E-state index is 0.00611. The number of hydrogen-bond acceptors (Lipinski definition) is 1. The minimum Gasteiger partial charge on any atom is -0.369 e. The topological polar surface area (TPSA) is 43.1 Å². The molecule has 1 fully saturated rings. The van der Waals surface area contributed by atoms with Gasteiger partial charge in [0.2, 0.25) is 5.91 Å². The first-order valence-corrected chi connectivity index (χ1v) is 8.51. The van der Waals surface area contributed by atoms with Crippen molar-refractivity contribution >= 4 is 28.5 Å². The molecule has 1 amide bonds. The van der Waals surface area contributed by atoms with Gasteiger partial charge in [-0.3, -0.25) is 4.79 Å². The summed E-state index contributed by atoms with van der Waals surface area (Å²) in [6.07, 6.45) is 11.8. The van der Waals surface area contributed by atoms with Crippen LogP contribution in [-0.4, -0.2) is 9.83 Å². The average molecular weight is 373 g/mol. The second-order valence-corrected chi connectivity index (χ2v) is 7.46. The maximum Gasteiger partial charge on any atom is 0.230 e. The van der Waals surface area contributed by atoms with E-state index in [-0.39, 0.29) is 9.83 Å². The second kappa shape index (κ2) is 5.98. The van der Waals surface area contributed by atoms with Crippen LogP contribution < -0.4 is 5.73 Å². The summed E-state index contributed by atoms with van der Waals surface area (Å²) in [5.41, 5.74) is 8.99. The molecule has 2 rings (SSSR count). The fraction of sp³-hybridized carbons (Fsp3) is 0.688. The van der Waals surface area contributed by atoms with Gasteiger partial charge in [0.15, 0.2) is 0 Å². The number of carbonyl (C=O) groups excluding carboxylic acids is 1. The van der Waals surface area contributed by atoms with Gasteiger partial charge in [-0.2, -0.15) is 0 Å². The van der Waals surface area contributed by atoms with Crippen LogP contribution in [0.15, 0.2) is 23.3 Å². The molecular weight excluding hydrogens is 349 g/mol. The molecular formula is C16H24INO. The summed E-state index contributed by atoms with van der Waals surface area (Å²) >= 11 is 2.23. The fourth-order valence-electron chi connectivity index (χ4n) is 3.87. The Morgan fingerprint density at radius 3 is 2.58 bits per heavy atom. The quantitative estimate of drug-likeness (QED) is 0.587. The monoisotopic (exact) mass is 373 g/mol. The number of nitrogens with two attached hydrogens (primary N) is 1. The molecule has 0 saturated heterocycles. The van der Waals surface area contributed by atoms with Crippen molar-refractivity contribution in [2.24, 2.45) is 17.1 Å². The van der Waals surface area contributed by atoms with E-state index >= 15 is 0 Å². The SMILES string of the molecule is C/C=C\C1=C(C)CCC12CCC(C(I)C(N)=O)CC2. The molecule has 1 spiro atoms. The van der Waals surface area contributed by atoms with Crippen molar-refractivity contribution in [3.63, 3.8) is 0 Å². The van der Waals surface area contributed by atoms with Crippen LogP contribution in [-0.2, 0) is 4.79 Å². The second-order valence-electron chi connectivity index (χ2n) is 6.12. The minimum atomic E-state index is -0.145. The lowest BCUT2D eigenvalue weighted by Gasteiger charge is -2.40. The summed E-state index contributed by atoms with van der Waals surface area (Å²) in [6, 6.07) is 0. The molecule has 0 bridgehead atoms. The molecule has 106 valence electrons. The third-order valence-corrected chi connectivity index (χ3v) is 6.65. The Morgan fingerprint density at radius 2 is 2.05 bits per heavy atom. The average Bonchev–Trinajstić information content (AvgIpc) is 2.69. The Labute approximate surface area is 130 Å². The number of allylic oxidation sites excluding steroid dienone is 4. The third-order valence-electron chi connectivity index (χ3n) is 5.02. The highest BCUT2D eigenvalue weighted by atomic mass is 127. The number of primary amides is 1. The number of rotatable bonds is 3. The van der Waals surface area contributed by atoms with Gasteiger partial charge in [-0.15, -0.1) is 0 Å². The van der Waals surface area contributed by atoms with E-state index in [1.165, 1.54) is 25.7 Å². The first-order chi connectivity index (χ1) is 9.00. The summed E-state index contributed by atoms with van der Waals surface area (Å²) in [6.45, 7) is 4.38. The van der Waals surface area contributed by atoms with E-state index in [0.29, 0.717) is 11.3 Å². The van der Waals surface area contributed by atoms with Gasteiger partial charge in [-0.05, 0) is 69.3 Å². The molecule has 2 aliphatic carbocycles. The highest BCUT2D eigenvalue weighted by molar-refractivity contribution is 14.1. The molecule has 1 unspecified atom stereocenters. The Hall–Kier alpha value is -0.320. The molecule has 2 N–H and O–H groups in total. The Balaban J connectivity index is 2.09. The lowest BCUT2D eigenvalue weighted by atomic mass is 9.66. The van der Waals surface area contributed by atoms with Gasteiger partial charge in [0.25, 0.3) is 0 Å². The summed E-state index contributed by atoms with van der Waals surface area (Å²) in [5.74, 6) is 0.338.